The van der Waals surface area contributed by atoms with Gasteiger partial charge in [-0.15, -0.1) is 6.58 Å². The average molecular weight is 571 g/mol. The quantitative estimate of drug-likeness (QED) is 0.0878. The largest absolute Gasteiger partial charge is 0.481 e. The lowest BCUT2D eigenvalue weighted by Gasteiger charge is -2.30. The molecule has 14 heteroatoms. The first-order chi connectivity index (χ1) is 18.5. The number of amides is 3. The molecule has 7 atom stereocenters. The average Bonchev–Trinajstić information content (AvgIpc) is 2.92. The van der Waals surface area contributed by atoms with E-state index < -0.39 is 79.2 Å². The van der Waals surface area contributed by atoms with Crippen molar-refractivity contribution >= 4 is 35.5 Å². The molecule has 10 N–H and O–H groups in total. The van der Waals surface area contributed by atoms with Gasteiger partial charge in [-0.2, -0.15) is 11.8 Å². The third-order valence-corrected chi connectivity index (χ3v) is 6.42. The standard InChI is InChI=1S/C25H38N4O9S/c1-3-7-16(27-23(36)15(26)10-11-39-2)24(37)29-18(13-30)20(33)21(34)22(35)25(38)28-17(12-19(31)32)14-8-5-4-6-9-14/h3-6,8-9,15-18,20-22,30,33-35H,1,7,10-13,26H2,2H3,(H,27,36)(H,28,38)(H,29,37)(H,31,32). The molecule has 0 saturated carbocycles. The fraction of sp³-hybridized carbons (Fsp3) is 0.520. The summed E-state index contributed by atoms with van der Waals surface area (Å²) in [5.41, 5.74) is 6.26. The molecule has 0 radical (unpaired) electrons. The van der Waals surface area contributed by atoms with E-state index in [-0.39, 0.29) is 6.42 Å². The topological polar surface area (TPSA) is 232 Å². The van der Waals surface area contributed by atoms with Crippen molar-refractivity contribution in [1.29, 1.82) is 0 Å². The van der Waals surface area contributed by atoms with Crippen LogP contribution in [-0.2, 0) is 19.2 Å². The maximum atomic E-state index is 12.8. The Morgan fingerprint density at radius 3 is 2.18 bits per heavy atom. The number of benzene rings is 1. The molecule has 0 fully saturated rings. The number of carbonyl (C=O) groups excluding carboxylic acids is 3. The van der Waals surface area contributed by atoms with E-state index in [1.165, 1.54) is 17.8 Å². The van der Waals surface area contributed by atoms with Crippen molar-refractivity contribution in [3.8, 4) is 0 Å². The second-order valence-corrected chi connectivity index (χ2v) is 9.75. The number of nitrogens with one attached hydrogen (secondary N) is 3. The van der Waals surface area contributed by atoms with Crippen LogP contribution in [0.1, 0.15) is 30.9 Å². The maximum Gasteiger partial charge on any atom is 0.305 e. The molecule has 0 aliphatic carbocycles. The summed E-state index contributed by atoms with van der Waals surface area (Å²) >= 11 is 1.50. The van der Waals surface area contributed by atoms with Crippen molar-refractivity contribution in [1.82, 2.24) is 16.0 Å². The summed E-state index contributed by atoms with van der Waals surface area (Å²) in [6.45, 7) is 2.64. The Balaban J connectivity index is 2.89. The second-order valence-electron chi connectivity index (χ2n) is 8.77. The zero-order valence-corrected chi connectivity index (χ0v) is 22.4. The molecule has 0 aliphatic heterocycles. The zero-order valence-electron chi connectivity index (χ0n) is 21.6. The Bertz CT molecular complexity index is 953. The van der Waals surface area contributed by atoms with Gasteiger partial charge in [0, 0.05) is 0 Å². The molecular formula is C25H38N4O9S. The summed E-state index contributed by atoms with van der Waals surface area (Å²) in [7, 11) is 0. The highest BCUT2D eigenvalue weighted by Gasteiger charge is 2.37. The smallest absolute Gasteiger partial charge is 0.305 e. The molecule has 0 aliphatic rings. The van der Waals surface area contributed by atoms with Gasteiger partial charge < -0.3 is 47.2 Å². The van der Waals surface area contributed by atoms with Crippen molar-refractivity contribution in [2.75, 3.05) is 18.6 Å². The van der Waals surface area contributed by atoms with Gasteiger partial charge >= 0.3 is 5.97 Å². The summed E-state index contributed by atoms with van der Waals surface area (Å²) in [5.74, 6) is -3.21. The zero-order chi connectivity index (χ0) is 29.5. The first-order valence-electron chi connectivity index (χ1n) is 12.1. The molecule has 3 amide bonds. The number of carboxylic acids is 1. The van der Waals surface area contributed by atoms with Crippen LogP contribution in [0.2, 0.25) is 0 Å². The highest BCUT2D eigenvalue weighted by molar-refractivity contribution is 7.98. The number of aliphatic hydroxyl groups excluding tert-OH is 4. The van der Waals surface area contributed by atoms with Crippen LogP contribution in [0.5, 0.6) is 0 Å². The molecule has 0 bridgehead atoms. The van der Waals surface area contributed by atoms with Crippen LogP contribution in [0.4, 0.5) is 0 Å². The summed E-state index contributed by atoms with van der Waals surface area (Å²) < 4.78 is 0. The number of carbonyl (C=O) groups is 4. The molecule has 0 saturated heterocycles. The lowest BCUT2D eigenvalue weighted by Crippen LogP contribution is -2.59. The first kappa shape index (κ1) is 34.0. The first-order valence-corrected chi connectivity index (χ1v) is 13.5. The van der Waals surface area contributed by atoms with Crippen molar-refractivity contribution in [3.05, 3.63) is 48.6 Å². The molecule has 1 aromatic rings. The second kappa shape index (κ2) is 17.6. The number of aliphatic carboxylic acids is 1. The van der Waals surface area contributed by atoms with Crippen LogP contribution in [0, 0.1) is 0 Å². The summed E-state index contributed by atoms with van der Waals surface area (Å²) in [5, 5.41) is 57.3. The number of hydrogen-bond acceptors (Lipinski definition) is 10. The Morgan fingerprint density at radius 2 is 1.64 bits per heavy atom. The van der Waals surface area contributed by atoms with Crippen molar-refractivity contribution in [2.45, 2.75) is 61.7 Å². The minimum absolute atomic E-state index is 0.0148. The molecular weight excluding hydrogens is 532 g/mol. The van der Waals surface area contributed by atoms with E-state index in [0.717, 1.165) is 0 Å². The molecule has 0 spiro atoms. The molecule has 1 rings (SSSR count). The van der Waals surface area contributed by atoms with E-state index in [0.29, 0.717) is 17.7 Å². The van der Waals surface area contributed by atoms with Crippen LogP contribution < -0.4 is 21.7 Å². The molecule has 0 heterocycles. The van der Waals surface area contributed by atoms with Crippen LogP contribution in [0.25, 0.3) is 0 Å². The van der Waals surface area contributed by atoms with E-state index in [1.54, 1.807) is 30.3 Å². The minimum Gasteiger partial charge on any atom is -0.481 e. The van der Waals surface area contributed by atoms with Gasteiger partial charge in [0.25, 0.3) is 5.91 Å². The van der Waals surface area contributed by atoms with Gasteiger partial charge in [0.1, 0.15) is 18.2 Å². The van der Waals surface area contributed by atoms with E-state index in [4.69, 9.17) is 5.73 Å². The fourth-order valence-electron chi connectivity index (χ4n) is 3.52. The Labute approximate surface area is 230 Å². The van der Waals surface area contributed by atoms with E-state index >= 15 is 0 Å². The lowest BCUT2D eigenvalue weighted by molar-refractivity contribution is -0.145. The normalized spacial score (nSPS) is 16.5. The third-order valence-electron chi connectivity index (χ3n) is 5.78. The highest BCUT2D eigenvalue weighted by atomic mass is 32.2. The fourth-order valence-corrected chi connectivity index (χ4v) is 4.01. The van der Waals surface area contributed by atoms with Gasteiger partial charge in [0.15, 0.2) is 6.10 Å². The Morgan fingerprint density at radius 1 is 1.00 bits per heavy atom. The monoisotopic (exact) mass is 570 g/mol. The van der Waals surface area contributed by atoms with Crippen molar-refractivity contribution < 1.29 is 44.7 Å². The number of thioether (sulfide) groups is 1. The van der Waals surface area contributed by atoms with E-state index in [2.05, 4.69) is 22.5 Å². The number of aliphatic hydroxyl groups is 4. The molecule has 218 valence electrons. The van der Waals surface area contributed by atoms with Gasteiger partial charge in [0.05, 0.1) is 31.2 Å². The number of nitrogens with two attached hydrogens (primary N) is 1. The van der Waals surface area contributed by atoms with Crippen molar-refractivity contribution in [3.63, 3.8) is 0 Å². The van der Waals surface area contributed by atoms with Crippen molar-refractivity contribution in [2.24, 2.45) is 5.73 Å². The van der Waals surface area contributed by atoms with Gasteiger partial charge in [-0.25, -0.2) is 0 Å². The van der Waals surface area contributed by atoms with Crippen LogP contribution in [0.3, 0.4) is 0 Å². The Kier molecular flexibility index (Phi) is 15.3. The molecule has 0 aromatic heterocycles. The van der Waals surface area contributed by atoms with Gasteiger partial charge in [-0.3, -0.25) is 19.2 Å². The molecule has 13 nitrogen and oxygen atoms in total. The maximum absolute atomic E-state index is 12.8. The molecule has 1 aromatic carbocycles. The summed E-state index contributed by atoms with van der Waals surface area (Å²) in [6, 6.07) is 3.44. The SMILES string of the molecule is C=CCC(NC(=O)C(N)CCSC)C(=O)NC(CO)C(O)C(O)C(O)C(=O)NC(CC(=O)O)c1ccccc1. The predicted molar refractivity (Wildman–Crippen MR) is 144 cm³/mol. The Hall–Kier alpha value is -3.01. The summed E-state index contributed by atoms with van der Waals surface area (Å²) in [4.78, 5) is 49.0. The highest BCUT2D eigenvalue weighted by Crippen LogP contribution is 2.17. The third kappa shape index (κ3) is 11.3. The number of hydrogen-bond donors (Lipinski definition) is 9. The number of rotatable bonds is 18. The van der Waals surface area contributed by atoms with Gasteiger partial charge in [0.2, 0.25) is 11.8 Å². The number of carboxylic acid groups (broad SMARTS) is 1. The van der Waals surface area contributed by atoms with Gasteiger partial charge in [-0.1, -0.05) is 36.4 Å². The lowest BCUT2D eigenvalue weighted by atomic mass is 9.98. The summed E-state index contributed by atoms with van der Waals surface area (Å²) in [6.07, 6.45) is -3.40. The van der Waals surface area contributed by atoms with Crippen LogP contribution in [-0.4, -0.2) is 104 Å². The van der Waals surface area contributed by atoms with E-state index in [1.807, 2.05) is 6.26 Å². The van der Waals surface area contributed by atoms with Crippen LogP contribution >= 0.6 is 11.8 Å². The van der Waals surface area contributed by atoms with Gasteiger partial charge in [-0.05, 0) is 30.4 Å². The molecule has 39 heavy (non-hydrogen) atoms. The predicted octanol–water partition coefficient (Wildman–Crippen LogP) is -1.98. The van der Waals surface area contributed by atoms with Crippen LogP contribution in [0.15, 0.2) is 43.0 Å². The molecule has 7 unspecified atom stereocenters. The van der Waals surface area contributed by atoms with E-state index in [9.17, 15) is 44.7 Å². The minimum atomic E-state index is -2.25.